The summed E-state index contributed by atoms with van der Waals surface area (Å²) in [5.74, 6) is -4.12. The van der Waals surface area contributed by atoms with Crippen LogP contribution in [0.2, 0.25) is 0 Å². The van der Waals surface area contributed by atoms with Gasteiger partial charge in [-0.2, -0.15) is 0 Å². The minimum atomic E-state index is -1.33. The zero-order chi connectivity index (χ0) is 23.4. The zero-order valence-corrected chi connectivity index (χ0v) is 17.1. The number of fused-ring (bicyclic) bond motifs is 5. The van der Waals surface area contributed by atoms with Crippen LogP contribution in [0, 0.1) is 23.7 Å². The predicted molar refractivity (Wildman–Crippen MR) is 115 cm³/mol. The lowest BCUT2D eigenvalue weighted by atomic mass is 9.85. The average molecular weight is 446 g/mol. The summed E-state index contributed by atoms with van der Waals surface area (Å²) >= 11 is 0. The number of amides is 3. The number of benzene rings is 2. The Balaban J connectivity index is 1.35. The molecule has 0 radical (unpaired) electrons. The van der Waals surface area contributed by atoms with E-state index in [4.69, 9.17) is 0 Å². The van der Waals surface area contributed by atoms with Gasteiger partial charge in [-0.3, -0.25) is 19.3 Å². The van der Waals surface area contributed by atoms with E-state index in [2.05, 4.69) is 5.32 Å². The molecule has 3 aliphatic rings. The molecule has 2 aliphatic carbocycles. The zero-order valence-electron chi connectivity index (χ0n) is 17.1. The number of hydrogen-bond acceptors (Lipinski definition) is 5. The number of carboxylic acid groups (broad SMARTS) is 2. The van der Waals surface area contributed by atoms with E-state index in [1.165, 1.54) is 29.2 Å². The molecule has 166 valence electrons. The number of nitrogens with zero attached hydrogens (tertiary/aromatic N) is 1. The number of rotatable bonds is 5. The van der Waals surface area contributed by atoms with Crippen molar-refractivity contribution >= 4 is 41.0 Å². The molecule has 4 atom stereocenters. The first-order chi connectivity index (χ1) is 15.7. The van der Waals surface area contributed by atoms with Gasteiger partial charge >= 0.3 is 11.9 Å². The molecule has 33 heavy (non-hydrogen) atoms. The van der Waals surface area contributed by atoms with Crippen LogP contribution in [0.25, 0.3) is 0 Å². The molecule has 2 aromatic carbocycles. The molecule has 3 amide bonds. The highest BCUT2D eigenvalue weighted by Crippen LogP contribution is 2.53. The largest absolute Gasteiger partial charge is 0.478 e. The Bertz CT molecular complexity index is 1200. The number of hydrogen-bond donors (Lipinski definition) is 3. The number of carboxylic acids is 2. The topological polar surface area (TPSA) is 141 Å². The molecular formula is C24H18N2O7. The molecule has 0 spiro atoms. The van der Waals surface area contributed by atoms with Crippen molar-refractivity contribution < 1.29 is 34.2 Å². The maximum Gasteiger partial charge on any atom is 0.335 e. The van der Waals surface area contributed by atoms with Crippen molar-refractivity contribution in [1.82, 2.24) is 0 Å². The number of carbonyl (C=O) groups is 5. The molecule has 1 aliphatic heterocycles. The van der Waals surface area contributed by atoms with E-state index >= 15 is 0 Å². The fraction of sp³-hybridized carbons (Fsp3) is 0.208. The Morgan fingerprint density at radius 3 is 1.79 bits per heavy atom. The van der Waals surface area contributed by atoms with Crippen LogP contribution in [-0.4, -0.2) is 39.9 Å². The third-order valence-electron chi connectivity index (χ3n) is 6.54. The Morgan fingerprint density at radius 2 is 1.30 bits per heavy atom. The number of carbonyl (C=O) groups excluding carboxylic acids is 3. The first-order valence-corrected chi connectivity index (χ1v) is 10.3. The van der Waals surface area contributed by atoms with Gasteiger partial charge in [0.25, 0.3) is 5.91 Å². The predicted octanol–water partition coefficient (Wildman–Crippen LogP) is 2.65. The molecule has 9 nitrogen and oxygen atoms in total. The number of anilines is 2. The SMILES string of the molecule is O=C(O)c1cc(NC(=O)c2ccc(N3C(=O)[C@@H]4[C@H](C3=O)[C@H]3C=C[C@H]4C3)cc2)cc(C(=O)O)c1. The van der Waals surface area contributed by atoms with Gasteiger partial charge in [0.15, 0.2) is 0 Å². The van der Waals surface area contributed by atoms with Crippen molar-refractivity contribution in [3.63, 3.8) is 0 Å². The number of allylic oxidation sites excluding steroid dienone is 2. The fourth-order valence-corrected chi connectivity index (χ4v) is 5.07. The lowest BCUT2D eigenvalue weighted by molar-refractivity contribution is -0.123. The second-order valence-corrected chi connectivity index (χ2v) is 8.42. The lowest BCUT2D eigenvalue weighted by Gasteiger charge is -2.17. The Kier molecular flexibility index (Phi) is 4.63. The van der Waals surface area contributed by atoms with E-state index in [1.807, 2.05) is 12.2 Å². The van der Waals surface area contributed by atoms with Crippen LogP contribution in [0.5, 0.6) is 0 Å². The highest BCUT2D eigenvalue weighted by Gasteiger charge is 2.59. The van der Waals surface area contributed by atoms with E-state index in [0.29, 0.717) is 5.69 Å². The minimum Gasteiger partial charge on any atom is -0.478 e. The quantitative estimate of drug-likeness (QED) is 0.474. The van der Waals surface area contributed by atoms with E-state index in [9.17, 15) is 34.2 Å². The molecular weight excluding hydrogens is 428 g/mol. The molecule has 2 bridgehead atoms. The molecule has 2 aromatic rings. The summed E-state index contributed by atoms with van der Waals surface area (Å²) in [4.78, 5) is 62.2. The second kappa shape index (κ2) is 7.40. The molecule has 1 saturated heterocycles. The fourth-order valence-electron chi connectivity index (χ4n) is 5.07. The maximum atomic E-state index is 12.9. The summed E-state index contributed by atoms with van der Waals surface area (Å²) in [5, 5.41) is 20.8. The van der Waals surface area contributed by atoms with Gasteiger partial charge in [-0.05, 0) is 60.7 Å². The maximum absolute atomic E-state index is 12.9. The molecule has 0 unspecified atom stereocenters. The monoisotopic (exact) mass is 446 g/mol. The van der Waals surface area contributed by atoms with Crippen molar-refractivity contribution in [3.05, 3.63) is 71.3 Å². The van der Waals surface area contributed by atoms with Gasteiger partial charge in [-0.1, -0.05) is 12.2 Å². The van der Waals surface area contributed by atoms with Crippen LogP contribution in [0.4, 0.5) is 11.4 Å². The van der Waals surface area contributed by atoms with Crippen LogP contribution in [0.15, 0.2) is 54.6 Å². The highest BCUT2D eigenvalue weighted by atomic mass is 16.4. The van der Waals surface area contributed by atoms with E-state index < -0.39 is 17.8 Å². The molecule has 9 heteroatoms. The summed E-state index contributed by atoms with van der Waals surface area (Å²) in [6.07, 6.45) is 4.87. The first kappa shape index (κ1) is 20.6. The number of imide groups is 1. The van der Waals surface area contributed by atoms with Gasteiger partial charge in [0, 0.05) is 11.3 Å². The Labute approximate surface area is 187 Å². The Morgan fingerprint density at radius 1 is 0.788 bits per heavy atom. The summed E-state index contributed by atoms with van der Waals surface area (Å²) in [5.41, 5.74) is 0.0389. The number of aromatic carboxylic acids is 2. The van der Waals surface area contributed by atoms with Crippen molar-refractivity contribution in [3.8, 4) is 0 Å². The molecule has 0 aromatic heterocycles. The van der Waals surface area contributed by atoms with Crippen LogP contribution in [-0.2, 0) is 9.59 Å². The second-order valence-electron chi connectivity index (χ2n) is 8.42. The Hall–Kier alpha value is -4.27. The van der Waals surface area contributed by atoms with E-state index in [-0.39, 0.29) is 57.9 Å². The molecule has 3 N–H and O–H groups in total. The summed E-state index contributed by atoms with van der Waals surface area (Å²) < 4.78 is 0. The molecule has 1 heterocycles. The average Bonchev–Trinajstić information content (AvgIpc) is 3.47. The smallest absolute Gasteiger partial charge is 0.335 e. The van der Waals surface area contributed by atoms with Crippen LogP contribution < -0.4 is 10.2 Å². The van der Waals surface area contributed by atoms with Gasteiger partial charge in [0.1, 0.15) is 0 Å². The van der Waals surface area contributed by atoms with Gasteiger partial charge in [0.2, 0.25) is 11.8 Å². The van der Waals surface area contributed by atoms with Gasteiger partial charge in [0.05, 0.1) is 28.7 Å². The van der Waals surface area contributed by atoms with Crippen molar-refractivity contribution in [2.75, 3.05) is 10.2 Å². The molecule has 1 saturated carbocycles. The van der Waals surface area contributed by atoms with Gasteiger partial charge in [-0.15, -0.1) is 0 Å². The standard InChI is InChI=1S/C24H18N2O7/c27-20(25-16-9-14(23(30)31)8-15(10-16)24(32)33)11-3-5-17(6-4-11)26-21(28)18-12-1-2-13(7-12)19(18)22(26)29/h1-6,8-10,12-13,18-19H,7H2,(H,25,27)(H,30,31)(H,32,33)/t12-,13-,18-,19+/m0/s1. The van der Waals surface area contributed by atoms with Crippen LogP contribution in [0.3, 0.4) is 0 Å². The third kappa shape index (κ3) is 3.29. The van der Waals surface area contributed by atoms with Crippen LogP contribution >= 0.6 is 0 Å². The van der Waals surface area contributed by atoms with E-state index in [0.717, 1.165) is 24.6 Å². The van der Waals surface area contributed by atoms with Crippen molar-refractivity contribution in [2.24, 2.45) is 23.7 Å². The summed E-state index contributed by atoms with van der Waals surface area (Å²) in [6.45, 7) is 0. The lowest BCUT2D eigenvalue weighted by Crippen LogP contribution is -2.32. The third-order valence-corrected chi connectivity index (χ3v) is 6.54. The molecule has 2 fully saturated rings. The van der Waals surface area contributed by atoms with E-state index in [1.54, 1.807) is 0 Å². The van der Waals surface area contributed by atoms with Gasteiger partial charge in [-0.25, -0.2) is 9.59 Å². The first-order valence-electron chi connectivity index (χ1n) is 10.3. The molecule has 5 rings (SSSR count). The normalized spacial score (nSPS) is 24.8. The summed E-state index contributed by atoms with van der Waals surface area (Å²) in [7, 11) is 0. The number of nitrogens with one attached hydrogen (secondary N) is 1. The minimum absolute atomic E-state index is 0.0158. The van der Waals surface area contributed by atoms with Crippen LogP contribution in [0.1, 0.15) is 37.5 Å². The highest BCUT2D eigenvalue weighted by molar-refractivity contribution is 6.23. The summed E-state index contributed by atoms with van der Waals surface area (Å²) in [6, 6.07) is 9.23. The van der Waals surface area contributed by atoms with Crippen molar-refractivity contribution in [1.29, 1.82) is 0 Å². The van der Waals surface area contributed by atoms with Gasteiger partial charge < -0.3 is 15.5 Å². The van der Waals surface area contributed by atoms with Crippen molar-refractivity contribution in [2.45, 2.75) is 6.42 Å².